The first-order valence-corrected chi connectivity index (χ1v) is 13.2. The molecule has 2 N–H and O–H groups in total. The van der Waals surface area contributed by atoms with Crippen molar-refractivity contribution in [3.8, 4) is 5.75 Å². The molecule has 2 aromatic carbocycles. The van der Waals surface area contributed by atoms with Crippen LogP contribution >= 0.6 is 28.1 Å². The van der Waals surface area contributed by atoms with Crippen molar-refractivity contribution < 1.29 is 14.3 Å². The number of ether oxygens (including phenoxy) is 1. The number of thiocarbonyl (C=S) groups is 1. The van der Waals surface area contributed by atoms with E-state index in [1.54, 1.807) is 24.3 Å². The maximum Gasteiger partial charge on any atom is 0.261 e. The van der Waals surface area contributed by atoms with Gasteiger partial charge in [-0.1, -0.05) is 54.2 Å². The standard InChI is InChI=1S/C26H33BrN4O3S/c1-3-4-5-8-17-34-23-12-11-19(27)18-21(23)24(32)29-26(35)28-22-10-7-6-9-20(22)25(33)31-15-13-30(2)14-16-31/h6-7,9-12,18H,3-5,8,13-17H2,1-2H3,(H2,28,29,32,35). The molecule has 188 valence electrons. The van der Waals surface area contributed by atoms with E-state index in [4.69, 9.17) is 17.0 Å². The lowest BCUT2D eigenvalue weighted by atomic mass is 10.1. The zero-order valence-corrected chi connectivity index (χ0v) is 22.7. The summed E-state index contributed by atoms with van der Waals surface area (Å²) in [6.07, 6.45) is 4.34. The molecule has 1 aliphatic rings. The molecule has 7 nitrogen and oxygen atoms in total. The van der Waals surface area contributed by atoms with Gasteiger partial charge in [-0.25, -0.2) is 0 Å². The number of anilines is 1. The Morgan fingerprint density at radius 1 is 1.03 bits per heavy atom. The minimum atomic E-state index is -0.379. The first-order valence-electron chi connectivity index (χ1n) is 12.0. The van der Waals surface area contributed by atoms with Gasteiger partial charge in [0.2, 0.25) is 0 Å². The monoisotopic (exact) mass is 560 g/mol. The summed E-state index contributed by atoms with van der Waals surface area (Å²) in [6.45, 7) is 5.74. The highest BCUT2D eigenvalue weighted by molar-refractivity contribution is 9.10. The number of piperazine rings is 1. The average Bonchev–Trinajstić information content (AvgIpc) is 2.85. The molecule has 0 spiro atoms. The van der Waals surface area contributed by atoms with E-state index < -0.39 is 0 Å². The van der Waals surface area contributed by atoms with Crippen LogP contribution in [0.1, 0.15) is 53.3 Å². The number of para-hydroxylation sites is 1. The van der Waals surface area contributed by atoms with Crippen LogP contribution in [0.5, 0.6) is 5.75 Å². The van der Waals surface area contributed by atoms with Crippen molar-refractivity contribution in [1.29, 1.82) is 0 Å². The SMILES string of the molecule is CCCCCCOc1ccc(Br)cc1C(=O)NC(=S)Nc1ccccc1C(=O)N1CCN(C)CC1. The number of unbranched alkanes of at least 4 members (excludes halogenated alkanes) is 3. The van der Waals surface area contributed by atoms with Gasteiger partial charge in [-0.3, -0.25) is 14.9 Å². The van der Waals surface area contributed by atoms with Crippen LogP contribution in [0.2, 0.25) is 0 Å². The van der Waals surface area contributed by atoms with E-state index >= 15 is 0 Å². The van der Waals surface area contributed by atoms with E-state index in [1.807, 2.05) is 30.1 Å². The van der Waals surface area contributed by atoms with Gasteiger partial charge in [0.1, 0.15) is 5.75 Å². The van der Waals surface area contributed by atoms with E-state index in [2.05, 4.69) is 38.4 Å². The molecular formula is C26H33BrN4O3S. The number of carbonyl (C=O) groups is 2. The highest BCUT2D eigenvalue weighted by Gasteiger charge is 2.23. The highest BCUT2D eigenvalue weighted by Crippen LogP contribution is 2.24. The van der Waals surface area contributed by atoms with E-state index in [9.17, 15) is 9.59 Å². The summed E-state index contributed by atoms with van der Waals surface area (Å²) in [6, 6.07) is 12.5. The van der Waals surface area contributed by atoms with Crippen LogP contribution < -0.4 is 15.4 Å². The lowest BCUT2D eigenvalue weighted by molar-refractivity contribution is 0.0665. The molecule has 0 aliphatic carbocycles. The molecule has 1 fully saturated rings. The third kappa shape index (κ3) is 8.02. The zero-order chi connectivity index (χ0) is 25.2. The zero-order valence-electron chi connectivity index (χ0n) is 20.3. The molecule has 0 unspecified atom stereocenters. The summed E-state index contributed by atoms with van der Waals surface area (Å²) in [5, 5.41) is 5.87. The number of carbonyl (C=O) groups excluding carboxylic acids is 2. The molecule has 0 atom stereocenters. The van der Waals surface area contributed by atoms with Gasteiger partial charge in [0.05, 0.1) is 23.4 Å². The minimum absolute atomic E-state index is 0.0546. The van der Waals surface area contributed by atoms with Gasteiger partial charge >= 0.3 is 0 Å². The number of hydrogen-bond donors (Lipinski definition) is 2. The molecule has 35 heavy (non-hydrogen) atoms. The van der Waals surface area contributed by atoms with Gasteiger partial charge in [-0.15, -0.1) is 0 Å². The lowest BCUT2D eigenvalue weighted by Crippen LogP contribution is -2.47. The third-order valence-corrected chi connectivity index (χ3v) is 6.56. The Bertz CT molecular complexity index is 1040. The topological polar surface area (TPSA) is 73.9 Å². The minimum Gasteiger partial charge on any atom is -0.493 e. The Morgan fingerprint density at radius 3 is 2.51 bits per heavy atom. The second kappa shape index (κ2) is 13.6. The molecule has 0 bridgehead atoms. The summed E-state index contributed by atoms with van der Waals surface area (Å²) < 4.78 is 6.65. The van der Waals surface area contributed by atoms with Crippen LogP contribution in [-0.2, 0) is 0 Å². The van der Waals surface area contributed by atoms with Gasteiger partial charge in [-0.05, 0) is 56.0 Å². The van der Waals surface area contributed by atoms with Crippen molar-refractivity contribution in [1.82, 2.24) is 15.1 Å². The van der Waals surface area contributed by atoms with E-state index in [0.29, 0.717) is 42.3 Å². The van der Waals surface area contributed by atoms with E-state index in [0.717, 1.165) is 43.2 Å². The summed E-state index contributed by atoms with van der Waals surface area (Å²) in [5.41, 5.74) is 1.47. The second-order valence-corrected chi connectivity index (χ2v) is 9.92. The number of nitrogens with zero attached hydrogens (tertiary/aromatic N) is 2. The smallest absolute Gasteiger partial charge is 0.261 e. The van der Waals surface area contributed by atoms with E-state index in [1.165, 1.54) is 0 Å². The quantitative estimate of drug-likeness (QED) is 0.335. The normalized spacial score (nSPS) is 13.9. The van der Waals surface area contributed by atoms with Gasteiger partial charge < -0.3 is 19.9 Å². The van der Waals surface area contributed by atoms with Crippen LogP contribution in [0.25, 0.3) is 0 Å². The maximum absolute atomic E-state index is 13.1. The average molecular weight is 562 g/mol. The van der Waals surface area contributed by atoms with Gasteiger partial charge in [0.25, 0.3) is 11.8 Å². The Hall–Kier alpha value is -2.49. The van der Waals surface area contributed by atoms with Crippen molar-refractivity contribution >= 4 is 50.8 Å². The molecular weight excluding hydrogens is 528 g/mol. The largest absolute Gasteiger partial charge is 0.493 e. The molecule has 0 aromatic heterocycles. The summed E-state index contributed by atoms with van der Waals surface area (Å²) in [5.74, 6) is 0.0759. The summed E-state index contributed by atoms with van der Waals surface area (Å²) in [7, 11) is 2.05. The van der Waals surface area contributed by atoms with Crippen molar-refractivity contribution in [2.24, 2.45) is 0 Å². The fraction of sp³-hybridized carbons (Fsp3) is 0.423. The first-order chi connectivity index (χ1) is 16.9. The van der Waals surface area contributed by atoms with Crippen LogP contribution in [0.3, 0.4) is 0 Å². The van der Waals surface area contributed by atoms with Crippen LogP contribution in [-0.4, -0.2) is 66.6 Å². The molecule has 9 heteroatoms. The number of hydrogen-bond acceptors (Lipinski definition) is 5. The number of halogens is 1. The predicted molar refractivity (Wildman–Crippen MR) is 147 cm³/mol. The molecule has 2 aromatic rings. The van der Waals surface area contributed by atoms with Crippen LogP contribution in [0.15, 0.2) is 46.9 Å². The van der Waals surface area contributed by atoms with Crippen molar-refractivity contribution in [2.75, 3.05) is 45.2 Å². The first kappa shape index (κ1) is 27.1. The Morgan fingerprint density at radius 2 is 1.77 bits per heavy atom. The number of likely N-dealkylation sites (N-methyl/N-ethyl adjacent to an activating group) is 1. The van der Waals surface area contributed by atoms with Gasteiger partial charge in [0.15, 0.2) is 5.11 Å². The Labute approximate surface area is 221 Å². The Kier molecular flexibility index (Phi) is 10.5. The van der Waals surface area contributed by atoms with Gasteiger partial charge in [0, 0.05) is 30.7 Å². The van der Waals surface area contributed by atoms with Crippen molar-refractivity contribution in [3.63, 3.8) is 0 Å². The van der Waals surface area contributed by atoms with Crippen LogP contribution in [0.4, 0.5) is 5.69 Å². The van der Waals surface area contributed by atoms with Gasteiger partial charge in [-0.2, -0.15) is 0 Å². The number of nitrogens with one attached hydrogen (secondary N) is 2. The molecule has 3 rings (SSSR count). The number of rotatable bonds is 9. The molecule has 2 amide bonds. The molecule has 1 saturated heterocycles. The maximum atomic E-state index is 13.1. The third-order valence-electron chi connectivity index (χ3n) is 5.86. The van der Waals surface area contributed by atoms with Crippen molar-refractivity contribution in [2.45, 2.75) is 32.6 Å². The van der Waals surface area contributed by atoms with Crippen molar-refractivity contribution in [3.05, 3.63) is 58.1 Å². The molecule has 1 aliphatic heterocycles. The van der Waals surface area contributed by atoms with E-state index in [-0.39, 0.29) is 16.9 Å². The highest BCUT2D eigenvalue weighted by atomic mass is 79.9. The van der Waals surface area contributed by atoms with Crippen LogP contribution in [0, 0.1) is 0 Å². The summed E-state index contributed by atoms with van der Waals surface area (Å²) >= 11 is 8.84. The second-order valence-electron chi connectivity index (χ2n) is 8.60. The molecule has 0 radical (unpaired) electrons. The predicted octanol–water partition coefficient (Wildman–Crippen LogP) is 4.92. The molecule has 0 saturated carbocycles. The fourth-order valence-electron chi connectivity index (χ4n) is 3.80. The lowest BCUT2D eigenvalue weighted by Gasteiger charge is -2.32. The fourth-order valence-corrected chi connectivity index (χ4v) is 4.36. The number of amides is 2. The number of benzene rings is 2. The molecule has 1 heterocycles. The Balaban J connectivity index is 1.65. The summed E-state index contributed by atoms with van der Waals surface area (Å²) in [4.78, 5) is 30.2.